The average molecular weight is 260 g/mol. The summed E-state index contributed by atoms with van der Waals surface area (Å²) >= 11 is 1.58. The van der Waals surface area contributed by atoms with E-state index >= 15 is 0 Å². The van der Waals surface area contributed by atoms with E-state index in [1.54, 1.807) is 11.3 Å². The van der Waals surface area contributed by atoms with E-state index < -0.39 is 0 Å². The number of rotatable bonds is 5. The fraction of sp³-hybridized carbons (Fsp3) is 0.286. The first-order chi connectivity index (χ1) is 8.74. The van der Waals surface area contributed by atoms with Crippen molar-refractivity contribution in [2.45, 2.75) is 19.8 Å². The number of hydrogen-bond acceptors (Lipinski definition) is 3. The third-order valence-electron chi connectivity index (χ3n) is 2.63. The van der Waals surface area contributed by atoms with Crippen LogP contribution in [0.1, 0.15) is 16.8 Å². The number of nitrogens with zero attached hydrogens (tertiary/aromatic N) is 1. The third-order valence-corrected chi connectivity index (χ3v) is 3.27. The fourth-order valence-corrected chi connectivity index (χ4v) is 2.35. The van der Waals surface area contributed by atoms with E-state index in [9.17, 15) is 4.79 Å². The molecule has 1 heterocycles. The molecule has 4 heteroatoms. The Kier molecular flexibility index (Phi) is 4.47. The van der Waals surface area contributed by atoms with E-state index in [0.717, 1.165) is 17.7 Å². The summed E-state index contributed by atoms with van der Waals surface area (Å²) in [4.78, 5) is 15.9. The first kappa shape index (κ1) is 12.8. The van der Waals surface area contributed by atoms with Crippen molar-refractivity contribution in [3.05, 3.63) is 52.0 Å². The lowest BCUT2D eigenvalue weighted by atomic mass is 10.1. The molecule has 0 fully saturated rings. The predicted octanol–water partition coefficient (Wildman–Crippen LogP) is 2.35. The topological polar surface area (TPSA) is 42.0 Å². The largest absolute Gasteiger partial charge is 0.355 e. The van der Waals surface area contributed by atoms with Gasteiger partial charge in [-0.1, -0.05) is 29.8 Å². The van der Waals surface area contributed by atoms with Crippen molar-refractivity contribution in [1.29, 1.82) is 0 Å². The molecule has 2 rings (SSSR count). The summed E-state index contributed by atoms with van der Waals surface area (Å²) in [7, 11) is 0. The summed E-state index contributed by atoms with van der Waals surface area (Å²) in [6.45, 7) is 2.68. The van der Waals surface area contributed by atoms with Gasteiger partial charge in [0.05, 0.1) is 17.6 Å². The van der Waals surface area contributed by atoms with Gasteiger partial charge in [-0.15, -0.1) is 11.3 Å². The summed E-state index contributed by atoms with van der Waals surface area (Å²) in [5.74, 6) is 0.0656. The molecular weight excluding hydrogens is 244 g/mol. The molecule has 3 nitrogen and oxygen atoms in total. The number of nitrogens with one attached hydrogen (secondary N) is 1. The van der Waals surface area contributed by atoms with E-state index in [4.69, 9.17) is 0 Å². The van der Waals surface area contributed by atoms with Crippen molar-refractivity contribution in [2.24, 2.45) is 0 Å². The summed E-state index contributed by atoms with van der Waals surface area (Å²) in [6.07, 6.45) is 1.24. The zero-order valence-corrected chi connectivity index (χ0v) is 11.2. The lowest BCUT2D eigenvalue weighted by Crippen LogP contribution is -2.27. The average Bonchev–Trinajstić information content (AvgIpc) is 2.82. The molecule has 0 bridgehead atoms. The van der Waals surface area contributed by atoms with Crippen LogP contribution in [-0.4, -0.2) is 17.4 Å². The zero-order valence-electron chi connectivity index (χ0n) is 10.3. The molecule has 0 aliphatic rings. The Balaban J connectivity index is 1.75. The predicted molar refractivity (Wildman–Crippen MR) is 73.7 cm³/mol. The van der Waals surface area contributed by atoms with Gasteiger partial charge in [0, 0.05) is 18.3 Å². The molecule has 0 saturated heterocycles. The molecule has 0 unspecified atom stereocenters. The first-order valence-electron chi connectivity index (χ1n) is 5.93. The van der Waals surface area contributed by atoms with Gasteiger partial charge in [0.15, 0.2) is 0 Å². The van der Waals surface area contributed by atoms with Gasteiger partial charge in [0.25, 0.3) is 0 Å². The van der Waals surface area contributed by atoms with Crippen LogP contribution < -0.4 is 5.32 Å². The van der Waals surface area contributed by atoms with E-state index in [1.807, 2.05) is 42.1 Å². The van der Waals surface area contributed by atoms with Crippen molar-refractivity contribution >= 4 is 17.2 Å². The number of thiazole rings is 1. The Bertz CT molecular complexity index is 508. The van der Waals surface area contributed by atoms with E-state index in [0.29, 0.717) is 13.0 Å². The number of carbonyl (C=O) groups is 1. The van der Waals surface area contributed by atoms with Gasteiger partial charge in [-0.05, 0) is 12.5 Å². The molecule has 0 atom stereocenters. The van der Waals surface area contributed by atoms with Gasteiger partial charge >= 0.3 is 0 Å². The van der Waals surface area contributed by atoms with E-state index in [2.05, 4.69) is 10.3 Å². The molecule has 94 valence electrons. The van der Waals surface area contributed by atoms with Crippen LogP contribution in [-0.2, 0) is 17.6 Å². The number of aryl methyl sites for hydroxylation is 1. The zero-order chi connectivity index (χ0) is 12.8. The second-order valence-electron chi connectivity index (χ2n) is 4.25. The van der Waals surface area contributed by atoms with E-state index in [1.165, 1.54) is 5.56 Å². The molecule has 2 aromatic rings. The minimum absolute atomic E-state index is 0.0656. The first-order valence-corrected chi connectivity index (χ1v) is 6.87. The lowest BCUT2D eigenvalue weighted by molar-refractivity contribution is -0.120. The van der Waals surface area contributed by atoms with Crippen LogP contribution in [0.3, 0.4) is 0 Å². The van der Waals surface area contributed by atoms with Gasteiger partial charge in [-0.25, -0.2) is 4.98 Å². The molecule has 1 aromatic carbocycles. The highest BCUT2D eigenvalue weighted by Gasteiger charge is 2.03. The van der Waals surface area contributed by atoms with Crippen LogP contribution in [0, 0.1) is 6.92 Å². The van der Waals surface area contributed by atoms with Gasteiger partial charge in [0.1, 0.15) is 0 Å². The van der Waals surface area contributed by atoms with Crippen LogP contribution >= 0.6 is 11.3 Å². The molecule has 1 N–H and O–H groups in total. The quantitative estimate of drug-likeness (QED) is 0.896. The fourth-order valence-electron chi connectivity index (χ4n) is 1.76. The lowest BCUT2D eigenvalue weighted by Gasteiger charge is -2.05. The molecule has 0 aliphatic heterocycles. The number of hydrogen-bond donors (Lipinski definition) is 1. The minimum Gasteiger partial charge on any atom is -0.355 e. The van der Waals surface area contributed by atoms with Crippen molar-refractivity contribution in [2.75, 3.05) is 6.54 Å². The van der Waals surface area contributed by atoms with Crippen LogP contribution in [0.15, 0.2) is 35.2 Å². The second kappa shape index (κ2) is 6.31. The molecular formula is C14H16N2OS. The maximum atomic E-state index is 11.7. The van der Waals surface area contributed by atoms with Crippen LogP contribution in [0.2, 0.25) is 0 Å². The Morgan fingerprint density at radius 3 is 3.06 bits per heavy atom. The van der Waals surface area contributed by atoms with Crippen molar-refractivity contribution in [3.8, 4) is 0 Å². The Labute approximate surface area is 111 Å². The van der Waals surface area contributed by atoms with E-state index in [-0.39, 0.29) is 5.91 Å². The highest BCUT2D eigenvalue weighted by Crippen LogP contribution is 2.04. The van der Waals surface area contributed by atoms with Crippen LogP contribution in [0.25, 0.3) is 0 Å². The Hall–Kier alpha value is -1.68. The molecule has 0 spiro atoms. The molecule has 18 heavy (non-hydrogen) atoms. The van der Waals surface area contributed by atoms with Gasteiger partial charge < -0.3 is 5.32 Å². The Morgan fingerprint density at radius 1 is 1.44 bits per heavy atom. The monoisotopic (exact) mass is 260 g/mol. The summed E-state index contributed by atoms with van der Waals surface area (Å²) in [6, 6.07) is 8.03. The highest BCUT2D eigenvalue weighted by atomic mass is 32.1. The normalized spacial score (nSPS) is 10.3. The van der Waals surface area contributed by atoms with Crippen molar-refractivity contribution in [3.63, 3.8) is 0 Å². The van der Waals surface area contributed by atoms with Gasteiger partial charge in [-0.2, -0.15) is 0 Å². The Morgan fingerprint density at radius 2 is 2.33 bits per heavy atom. The summed E-state index contributed by atoms with van der Waals surface area (Å²) in [5.41, 5.74) is 5.09. The standard InChI is InChI=1S/C14H16N2OS/c1-11-3-2-4-12(7-11)8-14(17)15-6-5-13-9-18-10-16-13/h2-4,7,9-10H,5-6,8H2,1H3,(H,15,17). The third kappa shape index (κ3) is 3.96. The summed E-state index contributed by atoms with van der Waals surface area (Å²) < 4.78 is 0. The second-order valence-corrected chi connectivity index (χ2v) is 4.96. The number of benzene rings is 1. The molecule has 1 aromatic heterocycles. The molecule has 0 radical (unpaired) electrons. The summed E-state index contributed by atoms with van der Waals surface area (Å²) in [5, 5.41) is 4.92. The van der Waals surface area contributed by atoms with Crippen molar-refractivity contribution < 1.29 is 4.79 Å². The molecule has 0 saturated carbocycles. The van der Waals surface area contributed by atoms with Crippen LogP contribution in [0.5, 0.6) is 0 Å². The number of carbonyl (C=O) groups excluding carboxylic acids is 1. The SMILES string of the molecule is Cc1cccc(CC(=O)NCCc2cscn2)c1. The maximum absolute atomic E-state index is 11.7. The maximum Gasteiger partial charge on any atom is 0.224 e. The molecule has 0 aliphatic carbocycles. The van der Waals surface area contributed by atoms with Crippen LogP contribution in [0.4, 0.5) is 0 Å². The number of amides is 1. The van der Waals surface area contributed by atoms with Crippen molar-refractivity contribution in [1.82, 2.24) is 10.3 Å². The van der Waals surface area contributed by atoms with Gasteiger partial charge in [0.2, 0.25) is 5.91 Å². The number of aromatic nitrogens is 1. The molecule has 1 amide bonds. The highest BCUT2D eigenvalue weighted by molar-refractivity contribution is 7.07. The van der Waals surface area contributed by atoms with Gasteiger partial charge in [-0.3, -0.25) is 4.79 Å². The minimum atomic E-state index is 0.0656. The smallest absolute Gasteiger partial charge is 0.224 e.